The summed E-state index contributed by atoms with van der Waals surface area (Å²) in [5.74, 6) is 1.63. The molecule has 3 unspecified atom stereocenters. The highest BCUT2D eigenvalue weighted by molar-refractivity contribution is 5.81. The third-order valence-electron chi connectivity index (χ3n) is 4.64. The first-order valence-corrected chi connectivity index (χ1v) is 7.89. The van der Waals surface area contributed by atoms with Crippen LogP contribution in [0.3, 0.4) is 0 Å². The summed E-state index contributed by atoms with van der Waals surface area (Å²) >= 11 is 0. The minimum absolute atomic E-state index is 0.309. The van der Waals surface area contributed by atoms with E-state index in [1.54, 1.807) is 0 Å². The average molecular weight is 253 g/mol. The lowest BCUT2D eigenvalue weighted by atomic mass is 9.78. The molecule has 106 valence electrons. The van der Waals surface area contributed by atoms with Gasteiger partial charge in [-0.2, -0.15) is 0 Å². The summed E-state index contributed by atoms with van der Waals surface area (Å²) in [6, 6.07) is 0.606. The van der Waals surface area contributed by atoms with Crippen molar-refractivity contribution in [3.8, 4) is 0 Å². The number of ketones is 1. The van der Waals surface area contributed by atoms with Gasteiger partial charge in [-0.3, -0.25) is 4.79 Å². The van der Waals surface area contributed by atoms with Gasteiger partial charge in [0.25, 0.3) is 0 Å². The fourth-order valence-electron chi connectivity index (χ4n) is 3.21. The van der Waals surface area contributed by atoms with E-state index in [1.165, 1.54) is 19.3 Å². The van der Waals surface area contributed by atoms with Gasteiger partial charge in [-0.05, 0) is 38.6 Å². The number of Topliss-reactive ketones (excluding diaryl/α,β-unsaturated/α-hetero) is 1. The Labute approximate surface area is 113 Å². The van der Waals surface area contributed by atoms with Gasteiger partial charge in [0.15, 0.2) is 0 Å². The normalized spacial score (nSPS) is 26.6. The lowest BCUT2D eigenvalue weighted by Crippen LogP contribution is -2.40. The molecule has 2 nitrogen and oxygen atoms in total. The molecule has 0 amide bonds. The van der Waals surface area contributed by atoms with Crippen LogP contribution in [0.4, 0.5) is 0 Å². The Balaban J connectivity index is 2.53. The molecule has 18 heavy (non-hydrogen) atoms. The molecule has 0 N–H and O–H groups in total. The summed E-state index contributed by atoms with van der Waals surface area (Å²) in [6.07, 6.45) is 6.84. The zero-order valence-corrected chi connectivity index (χ0v) is 12.7. The molecule has 0 radical (unpaired) electrons. The predicted molar refractivity (Wildman–Crippen MR) is 77.7 cm³/mol. The van der Waals surface area contributed by atoms with E-state index >= 15 is 0 Å². The van der Waals surface area contributed by atoms with E-state index in [-0.39, 0.29) is 0 Å². The van der Waals surface area contributed by atoms with Crippen LogP contribution in [0.15, 0.2) is 0 Å². The van der Waals surface area contributed by atoms with Gasteiger partial charge in [0.1, 0.15) is 5.78 Å². The maximum Gasteiger partial charge on any atom is 0.137 e. The molecule has 0 heterocycles. The maximum absolute atomic E-state index is 12.1. The van der Waals surface area contributed by atoms with Gasteiger partial charge in [0.2, 0.25) is 0 Å². The molecule has 1 aliphatic rings. The van der Waals surface area contributed by atoms with E-state index < -0.39 is 0 Å². The first-order valence-electron chi connectivity index (χ1n) is 7.89. The lowest BCUT2D eigenvalue weighted by molar-refractivity contribution is -0.126. The van der Waals surface area contributed by atoms with Gasteiger partial charge >= 0.3 is 0 Å². The molecule has 2 heteroatoms. The Hall–Kier alpha value is -0.370. The second kappa shape index (κ2) is 7.93. The number of hydrogen-bond donors (Lipinski definition) is 0. The number of nitrogens with zero attached hydrogens (tertiary/aromatic N) is 1. The van der Waals surface area contributed by atoms with Gasteiger partial charge in [-0.15, -0.1) is 0 Å². The Morgan fingerprint density at radius 1 is 1.33 bits per heavy atom. The quantitative estimate of drug-likeness (QED) is 0.686. The zero-order chi connectivity index (χ0) is 13.5. The van der Waals surface area contributed by atoms with Crippen molar-refractivity contribution < 1.29 is 4.79 Å². The van der Waals surface area contributed by atoms with Gasteiger partial charge in [-0.1, -0.05) is 33.6 Å². The minimum Gasteiger partial charge on any atom is -0.300 e. The lowest BCUT2D eigenvalue weighted by Gasteiger charge is -2.34. The predicted octanol–water partition coefficient (Wildman–Crippen LogP) is 3.89. The Morgan fingerprint density at radius 2 is 2.06 bits per heavy atom. The molecular formula is C16H31NO. The third-order valence-corrected chi connectivity index (χ3v) is 4.64. The molecule has 1 fully saturated rings. The molecular weight excluding hydrogens is 222 g/mol. The maximum atomic E-state index is 12.1. The van der Waals surface area contributed by atoms with Crippen molar-refractivity contribution in [2.75, 3.05) is 13.1 Å². The smallest absolute Gasteiger partial charge is 0.137 e. The summed E-state index contributed by atoms with van der Waals surface area (Å²) < 4.78 is 0. The summed E-state index contributed by atoms with van der Waals surface area (Å²) in [7, 11) is 0. The van der Waals surface area contributed by atoms with Crippen LogP contribution < -0.4 is 0 Å². The van der Waals surface area contributed by atoms with Crippen molar-refractivity contribution in [2.45, 2.75) is 72.3 Å². The summed E-state index contributed by atoms with van der Waals surface area (Å²) in [4.78, 5) is 14.6. The highest BCUT2D eigenvalue weighted by Gasteiger charge is 2.30. The summed E-state index contributed by atoms with van der Waals surface area (Å²) in [5, 5.41) is 0. The monoisotopic (exact) mass is 253 g/mol. The standard InChI is InChI=1S/C16H31NO/c1-5-8-14-9-10-16(18)15(11-14)12-17(7-3)13(4)6-2/h13-15H,5-12H2,1-4H3. The molecule has 0 aromatic rings. The van der Waals surface area contributed by atoms with Gasteiger partial charge in [0.05, 0.1) is 0 Å². The van der Waals surface area contributed by atoms with Crippen LogP contribution in [0.25, 0.3) is 0 Å². The van der Waals surface area contributed by atoms with Crippen molar-refractivity contribution in [1.29, 1.82) is 0 Å². The summed E-state index contributed by atoms with van der Waals surface area (Å²) in [6.45, 7) is 11.0. The van der Waals surface area contributed by atoms with E-state index in [9.17, 15) is 4.79 Å². The topological polar surface area (TPSA) is 20.3 Å². The number of rotatable bonds is 7. The van der Waals surface area contributed by atoms with Gasteiger partial charge in [-0.25, -0.2) is 0 Å². The second-order valence-corrected chi connectivity index (χ2v) is 5.94. The molecule has 0 aromatic heterocycles. The molecule has 0 aromatic carbocycles. The molecule has 0 aliphatic heterocycles. The van der Waals surface area contributed by atoms with Gasteiger partial charge < -0.3 is 4.90 Å². The first-order chi connectivity index (χ1) is 8.62. The molecule has 1 rings (SSSR count). The van der Waals surface area contributed by atoms with Crippen LogP contribution in [-0.2, 0) is 4.79 Å². The molecule has 0 bridgehead atoms. The van der Waals surface area contributed by atoms with Crippen molar-refractivity contribution in [2.24, 2.45) is 11.8 Å². The van der Waals surface area contributed by atoms with Crippen LogP contribution in [0.5, 0.6) is 0 Å². The molecule has 1 saturated carbocycles. The van der Waals surface area contributed by atoms with Crippen LogP contribution in [0.1, 0.15) is 66.2 Å². The van der Waals surface area contributed by atoms with Crippen molar-refractivity contribution in [3.63, 3.8) is 0 Å². The minimum atomic E-state index is 0.309. The third kappa shape index (κ3) is 4.38. The molecule has 0 saturated heterocycles. The van der Waals surface area contributed by atoms with E-state index in [0.717, 1.165) is 38.3 Å². The van der Waals surface area contributed by atoms with Crippen molar-refractivity contribution >= 4 is 5.78 Å². The highest BCUT2D eigenvalue weighted by Crippen LogP contribution is 2.30. The average Bonchev–Trinajstić information content (AvgIpc) is 2.38. The van der Waals surface area contributed by atoms with E-state index in [4.69, 9.17) is 0 Å². The SMILES string of the molecule is CCCC1CCC(=O)C(CN(CC)C(C)CC)C1. The fourth-order valence-corrected chi connectivity index (χ4v) is 3.21. The van der Waals surface area contributed by atoms with Crippen LogP contribution in [-0.4, -0.2) is 29.8 Å². The first kappa shape index (κ1) is 15.7. The van der Waals surface area contributed by atoms with Crippen LogP contribution in [0.2, 0.25) is 0 Å². The number of carbonyl (C=O) groups is 1. The summed E-state index contributed by atoms with van der Waals surface area (Å²) in [5.41, 5.74) is 0. The second-order valence-electron chi connectivity index (χ2n) is 5.94. The molecule has 1 aliphatic carbocycles. The zero-order valence-electron chi connectivity index (χ0n) is 12.7. The highest BCUT2D eigenvalue weighted by atomic mass is 16.1. The van der Waals surface area contributed by atoms with E-state index in [0.29, 0.717) is 17.7 Å². The Morgan fingerprint density at radius 3 is 2.61 bits per heavy atom. The van der Waals surface area contributed by atoms with Gasteiger partial charge in [0, 0.05) is 24.9 Å². The number of carbonyl (C=O) groups excluding carboxylic acids is 1. The molecule has 3 atom stereocenters. The molecule has 0 spiro atoms. The van der Waals surface area contributed by atoms with Crippen LogP contribution >= 0.6 is 0 Å². The number of hydrogen-bond acceptors (Lipinski definition) is 2. The van der Waals surface area contributed by atoms with E-state index in [1.807, 2.05) is 0 Å². The fraction of sp³-hybridized carbons (Fsp3) is 0.938. The van der Waals surface area contributed by atoms with Crippen molar-refractivity contribution in [1.82, 2.24) is 4.90 Å². The van der Waals surface area contributed by atoms with Crippen LogP contribution in [0, 0.1) is 11.8 Å². The van der Waals surface area contributed by atoms with Crippen molar-refractivity contribution in [3.05, 3.63) is 0 Å². The van der Waals surface area contributed by atoms with E-state index in [2.05, 4.69) is 32.6 Å². The Bertz CT molecular complexity index is 251. The Kier molecular flexibility index (Phi) is 6.91. The largest absolute Gasteiger partial charge is 0.300 e.